The molecule has 0 bridgehead atoms. The molecule has 2 aromatic heterocycles. The van der Waals surface area contributed by atoms with E-state index in [2.05, 4.69) is 25.9 Å². The van der Waals surface area contributed by atoms with E-state index in [1.165, 1.54) is 6.26 Å². The van der Waals surface area contributed by atoms with Crippen LogP contribution in [0.25, 0.3) is 22.6 Å². The molecule has 0 atom stereocenters. The number of aromatic nitrogens is 2. The van der Waals surface area contributed by atoms with E-state index in [-0.39, 0.29) is 4.90 Å². The van der Waals surface area contributed by atoms with E-state index < -0.39 is 9.84 Å². The van der Waals surface area contributed by atoms with Gasteiger partial charge in [-0.3, -0.25) is 0 Å². The molecule has 19 heavy (non-hydrogen) atoms. The fourth-order valence-corrected chi connectivity index (χ4v) is 2.73. The number of benzene rings is 1. The van der Waals surface area contributed by atoms with Gasteiger partial charge in [-0.2, -0.15) is 0 Å². The maximum absolute atomic E-state index is 11.5. The molecule has 0 aliphatic heterocycles. The van der Waals surface area contributed by atoms with E-state index in [1.807, 2.05) is 0 Å². The van der Waals surface area contributed by atoms with Gasteiger partial charge in [0.05, 0.1) is 15.9 Å². The Labute approximate surface area is 117 Å². The molecule has 5 nitrogen and oxygen atoms in total. The van der Waals surface area contributed by atoms with Crippen LogP contribution in [0.4, 0.5) is 0 Å². The molecular formula is C12H9BrN2O3S. The summed E-state index contributed by atoms with van der Waals surface area (Å²) in [6.45, 7) is 0. The maximum atomic E-state index is 11.5. The normalized spacial score (nSPS) is 12.1. The van der Waals surface area contributed by atoms with Gasteiger partial charge in [-0.25, -0.2) is 13.4 Å². The van der Waals surface area contributed by atoms with E-state index in [0.717, 1.165) is 0 Å². The molecule has 98 valence electrons. The molecular weight excluding hydrogens is 332 g/mol. The number of aromatic amines is 1. The lowest BCUT2D eigenvalue weighted by Crippen LogP contribution is -1.96. The molecule has 0 fully saturated rings. The van der Waals surface area contributed by atoms with Crippen molar-refractivity contribution in [3.63, 3.8) is 0 Å². The van der Waals surface area contributed by atoms with Gasteiger partial charge in [-0.1, -0.05) is 0 Å². The van der Waals surface area contributed by atoms with Crippen LogP contribution in [-0.2, 0) is 9.84 Å². The standard InChI is InChI=1S/C12H9BrN2O3S/c1-19(16,17)7-2-3-8-9(6-7)15-12(14-8)10-4-5-11(13)18-10/h2-6H,1H3,(H,14,15). The largest absolute Gasteiger partial charge is 0.446 e. The number of rotatable bonds is 2. The van der Waals surface area contributed by atoms with Crippen molar-refractivity contribution in [1.29, 1.82) is 0 Å². The number of furan rings is 1. The molecule has 1 aromatic carbocycles. The predicted molar refractivity (Wildman–Crippen MR) is 74.6 cm³/mol. The summed E-state index contributed by atoms with van der Waals surface area (Å²) in [6.07, 6.45) is 1.18. The van der Waals surface area contributed by atoms with E-state index in [0.29, 0.717) is 27.3 Å². The Morgan fingerprint density at radius 1 is 1.26 bits per heavy atom. The predicted octanol–water partition coefficient (Wildman–Crippen LogP) is 2.99. The molecule has 7 heteroatoms. The number of fused-ring (bicyclic) bond motifs is 1. The highest BCUT2D eigenvalue weighted by molar-refractivity contribution is 9.10. The van der Waals surface area contributed by atoms with Gasteiger partial charge in [-0.05, 0) is 46.3 Å². The molecule has 0 spiro atoms. The van der Waals surface area contributed by atoms with Crippen LogP contribution in [0, 0.1) is 0 Å². The molecule has 0 amide bonds. The van der Waals surface area contributed by atoms with E-state index >= 15 is 0 Å². The van der Waals surface area contributed by atoms with Crippen LogP contribution in [0.15, 0.2) is 44.3 Å². The SMILES string of the molecule is CS(=O)(=O)c1ccc2nc(-c3ccc(Br)o3)[nH]c2c1. The highest BCUT2D eigenvalue weighted by Gasteiger charge is 2.12. The van der Waals surface area contributed by atoms with Gasteiger partial charge in [-0.15, -0.1) is 0 Å². The fourth-order valence-electron chi connectivity index (χ4n) is 1.78. The second kappa shape index (κ2) is 4.21. The number of sulfone groups is 1. The van der Waals surface area contributed by atoms with Crippen molar-refractivity contribution in [3.05, 3.63) is 35.0 Å². The second-order valence-electron chi connectivity index (χ2n) is 4.14. The van der Waals surface area contributed by atoms with Crippen molar-refractivity contribution in [1.82, 2.24) is 9.97 Å². The van der Waals surface area contributed by atoms with Crippen LogP contribution >= 0.6 is 15.9 Å². The van der Waals surface area contributed by atoms with Crippen molar-refractivity contribution in [2.45, 2.75) is 4.90 Å². The average molecular weight is 341 g/mol. The lowest BCUT2D eigenvalue weighted by atomic mass is 10.3. The molecule has 1 N–H and O–H groups in total. The summed E-state index contributed by atoms with van der Waals surface area (Å²) in [7, 11) is -3.22. The number of hydrogen-bond acceptors (Lipinski definition) is 4. The first-order valence-electron chi connectivity index (χ1n) is 5.39. The Hall–Kier alpha value is -1.60. The Morgan fingerprint density at radius 3 is 2.68 bits per heavy atom. The van der Waals surface area contributed by atoms with Crippen molar-refractivity contribution < 1.29 is 12.8 Å². The van der Waals surface area contributed by atoms with Crippen LogP contribution in [0.2, 0.25) is 0 Å². The smallest absolute Gasteiger partial charge is 0.175 e. The Kier molecular flexibility index (Phi) is 2.75. The van der Waals surface area contributed by atoms with Gasteiger partial charge >= 0.3 is 0 Å². The number of hydrogen-bond donors (Lipinski definition) is 1. The Bertz CT molecular complexity index is 864. The Balaban J connectivity index is 2.16. The van der Waals surface area contributed by atoms with Gasteiger partial charge < -0.3 is 9.40 Å². The van der Waals surface area contributed by atoms with E-state index in [9.17, 15) is 8.42 Å². The van der Waals surface area contributed by atoms with Crippen molar-refractivity contribution in [2.75, 3.05) is 6.26 Å². The molecule has 0 saturated carbocycles. The molecule has 3 aromatic rings. The third-order valence-electron chi connectivity index (χ3n) is 2.69. The van der Waals surface area contributed by atoms with Gasteiger partial charge in [0, 0.05) is 6.26 Å². The molecule has 0 unspecified atom stereocenters. The third-order valence-corrected chi connectivity index (χ3v) is 4.22. The maximum Gasteiger partial charge on any atom is 0.175 e. The molecule has 0 aliphatic carbocycles. The average Bonchev–Trinajstić information content (AvgIpc) is 2.92. The highest BCUT2D eigenvalue weighted by atomic mass is 79.9. The lowest BCUT2D eigenvalue weighted by molar-refractivity contribution is 0.552. The van der Waals surface area contributed by atoms with Crippen molar-refractivity contribution in [2.24, 2.45) is 0 Å². The summed E-state index contributed by atoms with van der Waals surface area (Å²) < 4.78 is 29.0. The Morgan fingerprint density at radius 2 is 2.05 bits per heavy atom. The zero-order chi connectivity index (χ0) is 13.6. The zero-order valence-electron chi connectivity index (χ0n) is 9.84. The quantitative estimate of drug-likeness (QED) is 0.777. The summed E-state index contributed by atoms with van der Waals surface area (Å²) in [6, 6.07) is 8.33. The number of H-pyrrole nitrogens is 1. The van der Waals surface area contributed by atoms with Gasteiger partial charge in [0.1, 0.15) is 0 Å². The van der Waals surface area contributed by atoms with Crippen LogP contribution < -0.4 is 0 Å². The minimum Gasteiger partial charge on any atom is -0.446 e. The first-order chi connectivity index (χ1) is 8.93. The molecule has 2 heterocycles. The van der Waals surface area contributed by atoms with Crippen molar-refractivity contribution >= 4 is 36.8 Å². The second-order valence-corrected chi connectivity index (χ2v) is 6.94. The van der Waals surface area contributed by atoms with Gasteiger partial charge in [0.2, 0.25) is 0 Å². The topological polar surface area (TPSA) is 76.0 Å². The van der Waals surface area contributed by atoms with Gasteiger partial charge in [0.25, 0.3) is 0 Å². The highest BCUT2D eigenvalue weighted by Crippen LogP contribution is 2.26. The van der Waals surface area contributed by atoms with E-state index in [4.69, 9.17) is 4.42 Å². The summed E-state index contributed by atoms with van der Waals surface area (Å²) >= 11 is 3.22. The zero-order valence-corrected chi connectivity index (χ0v) is 12.2. The summed E-state index contributed by atoms with van der Waals surface area (Å²) in [5.74, 6) is 1.15. The summed E-state index contributed by atoms with van der Waals surface area (Å²) in [5, 5.41) is 0. The number of halogens is 1. The third kappa shape index (κ3) is 2.31. The minimum atomic E-state index is -3.22. The number of nitrogens with one attached hydrogen (secondary N) is 1. The first kappa shape index (κ1) is 12.4. The van der Waals surface area contributed by atoms with Gasteiger partial charge in [0.15, 0.2) is 26.1 Å². The summed E-state index contributed by atoms with van der Waals surface area (Å²) in [5.41, 5.74) is 1.35. The monoisotopic (exact) mass is 340 g/mol. The van der Waals surface area contributed by atoms with Crippen LogP contribution in [0.1, 0.15) is 0 Å². The van der Waals surface area contributed by atoms with Crippen molar-refractivity contribution in [3.8, 4) is 11.6 Å². The molecule has 0 aliphatic rings. The van der Waals surface area contributed by atoms with E-state index in [1.54, 1.807) is 30.3 Å². The molecule has 0 saturated heterocycles. The van der Waals surface area contributed by atoms with Crippen LogP contribution in [0.5, 0.6) is 0 Å². The molecule has 0 radical (unpaired) electrons. The number of imidazole rings is 1. The number of nitrogens with zero attached hydrogens (tertiary/aromatic N) is 1. The molecule has 3 rings (SSSR count). The lowest BCUT2D eigenvalue weighted by Gasteiger charge is -1.96. The first-order valence-corrected chi connectivity index (χ1v) is 8.07. The summed E-state index contributed by atoms with van der Waals surface area (Å²) in [4.78, 5) is 7.66. The van der Waals surface area contributed by atoms with Crippen LogP contribution in [0.3, 0.4) is 0 Å². The van der Waals surface area contributed by atoms with Crippen LogP contribution in [-0.4, -0.2) is 24.6 Å². The fraction of sp³-hybridized carbons (Fsp3) is 0.0833. The minimum absolute atomic E-state index is 0.260.